The molecule has 0 N–H and O–H groups in total. The van der Waals surface area contributed by atoms with Gasteiger partial charge in [-0.25, -0.2) is 0 Å². The number of rotatable bonds is 7. The third kappa shape index (κ3) is 3.36. The number of carboxylic acid groups (broad SMARTS) is 2. The molecule has 0 aromatic heterocycles. The van der Waals surface area contributed by atoms with E-state index in [0.717, 1.165) is 0 Å². The number of hydrogen-bond acceptors (Lipinski definition) is 4. The van der Waals surface area contributed by atoms with Gasteiger partial charge < -0.3 is 19.8 Å². The smallest absolute Gasteiger partial charge is 0.0476 e. The summed E-state index contributed by atoms with van der Waals surface area (Å²) in [6.07, 6.45) is 1.53. The summed E-state index contributed by atoms with van der Waals surface area (Å²) in [5, 5.41) is 21.0. The molecule has 0 fully saturated rings. The van der Waals surface area contributed by atoms with Crippen LogP contribution in [0.1, 0.15) is 46.0 Å². The summed E-state index contributed by atoms with van der Waals surface area (Å²) >= 11 is 0. The van der Waals surface area contributed by atoms with Crippen LogP contribution in [0.2, 0.25) is 0 Å². The fraction of sp³-hybridized carbons (Fsp3) is 0.800. The highest BCUT2D eigenvalue weighted by Crippen LogP contribution is 2.31. The van der Waals surface area contributed by atoms with Gasteiger partial charge in [0.05, 0.1) is 0 Å². The molecule has 4 nitrogen and oxygen atoms in total. The maximum atomic E-state index is 10.9. The Kier molecular flexibility index (Phi) is 5.20. The molecule has 0 atom stereocenters. The van der Waals surface area contributed by atoms with Gasteiger partial charge in [0, 0.05) is 17.4 Å². The molecule has 0 aliphatic heterocycles. The van der Waals surface area contributed by atoms with Gasteiger partial charge in [-0.05, 0) is 32.1 Å². The van der Waals surface area contributed by atoms with Crippen molar-refractivity contribution in [2.45, 2.75) is 46.0 Å². The van der Waals surface area contributed by atoms with E-state index >= 15 is 0 Å². The zero-order valence-corrected chi connectivity index (χ0v) is 8.67. The van der Waals surface area contributed by atoms with Gasteiger partial charge in [0.2, 0.25) is 0 Å². The lowest BCUT2D eigenvalue weighted by Crippen LogP contribution is -2.41. The number of carboxylic acids is 2. The predicted octanol–water partition coefficient (Wildman–Crippen LogP) is -0.537. The third-order valence-corrected chi connectivity index (χ3v) is 2.82. The standard InChI is InChI=1S/C10H18O4/c1-3-10(4-2,9(13)14)7-5-6-8(11)12/h3-7H2,1-2H3,(H,11,12)(H,13,14)/p-2. The van der Waals surface area contributed by atoms with Crippen LogP contribution in [-0.2, 0) is 9.59 Å². The maximum absolute atomic E-state index is 10.9. The van der Waals surface area contributed by atoms with Crippen molar-refractivity contribution >= 4 is 11.9 Å². The molecular weight excluding hydrogens is 184 g/mol. The van der Waals surface area contributed by atoms with E-state index in [1.807, 2.05) is 0 Å². The summed E-state index contributed by atoms with van der Waals surface area (Å²) in [7, 11) is 0. The average Bonchev–Trinajstić information content (AvgIpc) is 2.12. The van der Waals surface area contributed by atoms with Crippen molar-refractivity contribution in [3.05, 3.63) is 0 Å². The molecule has 0 radical (unpaired) electrons. The molecule has 82 valence electrons. The van der Waals surface area contributed by atoms with Gasteiger partial charge in [0.25, 0.3) is 0 Å². The van der Waals surface area contributed by atoms with Gasteiger partial charge >= 0.3 is 0 Å². The summed E-state index contributed by atoms with van der Waals surface area (Å²) in [4.78, 5) is 21.0. The largest absolute Gasteiger partial charge is 0.550 e. The molecule has 4 heteroatoms. The zero-order chi connectivity index (χ0) is 11.2. The van der Waals surface area contributed by atoms with Crippen molar-refractivity contribution in [1.82, 2.24) is 0 Å². The lowest BCUT2D eigenvalue weighted by molar-refractivity contribution is -0.321. The molecule has 0 unspecified atom stereocenters. The van der Waals surface area contributed by atoms with Crippen molar-refractivity contribution in [2.75, 3.05) is 0 Å². The molecule has 14 heavy (non-hydrogen) atoms. The quantitative estimate of drug-likeness (QED) is 0.553. The number of carbonyl (C=O) groups is 2. The Balaban J connectivity index is 4.22. The molecule has 0 saturated heterocycles. The van der Waals surface area contributed by atoms with Crippen molar-refractivity contribution in [1.29, 1.82) is 0 Å². The van der Waals surface area contributed by atoms with E-state index in [1.165, 1.54) is 0 Å². The van der Waals surface area contributed by atoms with Gasteiger partial charge in [0.15, 0.2) is 0 Å². The molecular formula is C10H16O4-2. The van der Waals surface area contributed by atoms with Gasteiger partial charge in [-0.1, -0.05) is 13.8 Å². The van der Waals surface area contributed by atoms with E-state index in [4.69, 9.17) is 0 Å². The number of hydrogen-bond donors (Lipinski definition) is 0. The molecule has 0 aromatic rings. The van der Waals surface area contributed by atoms with Crippen LogP contribution < -0.4 is 10.2 Å². The lowest BCUT2D eigenvalue weighted by atomic mass is 9.78. The first-order chi connectivity index (χ1) is 6.48. The third-order valence-electron chi connectivity index (χ3n) is 2.82. The second kappa shape index (κ2) is 5.62. The molecule has 0 spiro atoms. The molecule has 0 rings (SSSR count). The molecule has 0 aliphatic carbocycles. The van der Waals surface area contributed by atoms with Gasteiger partial charge in [0.1, 0.15) is 0 Å². The summed E-state index contributed by atoms with van der Waals surface area (Å²) < 4.78 is 0. The highest BCUT2D eigenvalue weighted by Gasteiger charge is 2.26. The summed E-state index contributed by atoms with van der Waals surface area (Å²) in [6.45, 7) is 3.55. The summed E-state index contributed by atoms with van der Waals surface area (Å²) in [5.74, 6) is -2.22. The van der Waals surface area contributed by atoms with Crippen LogP contribution in [0.25, 0.3) is 0 Å². The second-order valence-corrected chi connectivity index (χ2v) is 3.50. The normalized spacial score (nSPS) is 11.3. The Labute approximate surface area is 83.9 Å². The van der Waals surface area contributed by atoms with Crippen molar-refractivity contribution in [3.63, 3.8) is 0 Å². The predicted molar refractivity (Wildman–Crippen MR) is 46.9 cm³/mol. The molecule has 0 aliphatic rings. The zero-order valence-electron chi connectivity index (χ0n) is 8.67. The van der Waals surface area contributed by atoms with Crippen molar-refractivity contribution in [3.8, 4) is 0 Å². The van der Waals surface area contributed by atoms with Crippen LogP contribution in [0, 0.1) is 5.41 Å². The van der Waals surface area contributed by atoms with Crippen LogP contribution in [-0.4, -0.2) is 11.9 Å². The first-order valence-electron chi connectivity index (χ1n) is 4.89. The maximum Gasteiger partial charge on any atom is 0.0476 e. The highest BCUT2D eigenvalue weighted by atomic mass is 16.4. The minimum absolute atomic E-state index is 0.0883. The monoisotopic (exact) mass is 200 g/mol. The van der Waals surface area contributed by atoms with E-state index in [0.29, 0.717) is 25.7 Å². The van der Waals surface area contributed by atoms with Gasteiger partial charge in [-0.2, -0.15) is 0 Å². The van der Waals surface area contributed by atoms with E-state index in [2.05, 4.69) is 0 Å². The van der Waals surface area contributed by atoms with E-state index in [1.54, 1.807) is 13.8 Å². The minimum atomic E-state index is -1.13. The molecule has 0 saturated carbocycles. The second-order valence-electron chi connectivity index (χ2n) is 3.50. The van der Waals surface area contributed by atoms with Gasteiger partial charge in [-0.3, -0.25) is 0 Å². The first kappa shape index (κ1) is 12.9. The van der Waals surface area contributed by atoms with Crippen LogP contribution >= 0.6 is 0 Å². The topological polar surface area (TPSA) is 80.3 Å². The Hall–Kier alpha value is -1.06. The lowest BCUT2D eigenvalue weighted by Gasteiger charge is -2.32. The van der Waals surface area contributed by atoms with Crippen LogP contribution in [0.5, 0.6) is 0 Å². The molecule has 0 amide bonds. The van der Waals surface area contributed by atoms with Crippen LogP contribution in [0.15, 0.2) is 0 Å². The first-order valence-corrected chi connectivity index (χ1v) is 4.89. The number of carbonyl (C=O) groups excluding carboxylic acids is 2. The highest BCUT2D eigenvalue weighted by molar-refractivity contribution is 5.72. The average molecular weight is 200 g/mol. The van der Waals surface area contributed by atoms with E-state index in [9.17, 15) is 19.8 Å². The van der Waals surface area contributed by atoms with Crippen LogP contribution in [0.3, 0.4) is 0 Å². The van der Waals surface area contributed by atoms with Gasteiger partial charge in [-0.15, -0.1) is 0 Å². The van der Waals surface area contributed by atoms with E-state index < -0.39 is 17.4 Å². The molecule has 0 aromatic carbocycles. The Bertz CT molecular complexity index is 206. The molecule has 0 heterocycles. The fourth-order valence-electron chi connectivity index (χ4n) is 1.57. The Morgan fingerprint density at radius 2 is 1.64 bits per heavy atom. The minimum Gasteiger partial charge on any atom is -0.550 e. The fourth-order valence-corrected chi connectivity index (χ4v) is 1.57. The Morgan fingerprint density at radius 3 is 1.93 bits per heavy atom. The summed E-state index contributed by atoms with van der Waals surface area (Å²) in [6, 6.07) is 0. The van der Waals surface area contributed by atoms with Crippen molar-refractivity contribution in [2.24, 2.45) is 5.41 Å². The Morgan fingerprint density at radius 1 is 1.14 bits per heavy atom. The molecule has 0 bridgehead atoms. The van der Waals surface area contributed by atoms with E-state index in [-0.39, 0.29) is 6.42 Å². The van der Waals surface area contributed by atoms with Crippen molar-refractivity contribution < 1.29 is 19.8 Å². The van der Waals surface area contributed by atoms with Crippen LogP contribution in [0.4, 0.5) is 0 Å². The SMILES string of the molecule is CCC(CC)(CCCC(=O)[O-])C(=O)[O-]. The summed E-state index contributed by atoms with van der Waals surface area (Å²) in [5.41, 5.74) is -0.866. The number of aliphatic carboxylic acids is 2.